The predicted octanol–water partition coefficient (Wildman–Crippen LogP) is 7.88. The van der Waals surface area contributed by atoms with Crippen molar-refractivity contribution in [3.63, 3.8) is 0 Å². The minimum atomic E-state index is -1.08. The van der Waals surface area contributed by atoms with Crippen LogP contribution in [-0.2, 0) is 50.0 Å². The fourth-order valence-corrected chi connectivity index (χ4v) is 5.12. The molecule has 0 bridgehead atoms. The van der Waals surface area contributed by atoms with Gasteiger partial charge in [-0.25, -0.2) is 0 Å². The number of aromatic hydroxyl groups is 2. The average molecular weight is 746 g/mol. The summed E-state index contributed by atoms with van der Waals surface area (Å²) in [4.78, 5) is 27.1. The van der Waals surface area contributed by atoms with Crippen molar-refractivity contribution >= 4 is 35.7 Å². The molecular weight excluding hydrogens is 687 g/mol. The van der Waals surface area contributed by atoms with Gasteiger partial charge in [0.1, 0.15) is 11.5 Å². The largest absolute Gasteiger partial charge is 2.00 e. The van der Waals surface area contributed by atoms with Crippen LogP contribution in [0.25, 0.3) is 0 Å². The number of benzene rings is 3. The molecule has 9 heteroatoms. The summed E-state index contributed by atoms with van der Waals surface area (Å²) < 4.78 is 0. The van der Waals surface area contributed by atoms with Gasteiger partial charge in [-0.2, -0.15) is 0 Å². The van der Waals surface area contributed by atoms with Gasteiger partial charge in [-0.15, -0.1) is 0 Å². The van der Waals surface area contributed by atoms with Crippen molar-refractivity contribution in [3.05, 3.63) is 81.9 Å². The summed E-state index contributed by atoms with van der Waals surface area (Å²) in [6.45, 7) is 28.0. The summed E-state index contributed by atoms with van der Waals surface area (Å²) >= 11 is 0. The third-order valence-electron chi connectivity index (χ3n) is 7.04. The van der Waals surface area contributed by atoms with Crippen LogP contribution in [0.1, 0.15) is 130 Å². The number of carbonyl (C=O) groups excluding carboxylic acids is 2. The third kappa shape index (κ3) is 18.2. The van der Waals surface area contributed by atoms with E-state index in [1.165, 1.54) is 11.1 Å². The van der Waals surface area contributed by atoms with E-state index in [0.29, 0.717) is 0 Å². The van der Waals surface area contributed by atoms with Gasteiger partial charge in [0.15, 0.2) is 0 Å². The molecule has 3 aromatic rings. The summed E-state index contributed by atoms with van der Waals surface area (Å²) in [6, 6.07) is 16.0. The van der Waals surface area contributed by atoms with Gasteiger partial charge >= 0.3 is 16.8 Å². The van der Waals surface area contributed by atoms with Crippen molar-refractivity contribution in [1.82, 2.24) is 0 Å². The minimum Gasteiger partial charge on any atom is -0.550 e. The molecule has 0 heterocycles. The van der Waals surface area contributed by atoms with Crippen molar-refractivity contribution in [2.75, 3.05) is 0 Å². The Morgan fingerprint density at radius 3 is 1.06 bits per heavy atom. The molecule has 0 amide bonds. The number of carbonyl (C=O) groups is 2. The molecule has 281 valence electrons. The monoisotopic (exact) mass is 745 g/mol. The number of nitrogens with zero attached hydrogens (tertiary/aromatic N) is 2. The normalized spacial score (nSPS) is 12.0. The predicted molar refractivity (Wildman–Crippen MR) is 202 cm³/mol. The second-order valence-electron chi connectivity index (χ2n) is 17.2. The minimum absolute atomic E-state index is 0. The molecule has 8 nitrogen and oxygen atoms in total. The van der Waals surface area contributed by atoms with E-state index in [-0.39, 0.29) is 49.9 Å². The van der Waals surface area contributed by atoms with Crippen LogP contribution in [0.2, 0.25) is 0 Å². The summed E-state index contributed by atoms with van der Waals surface area (Å²) in [5, 5.41) is 40.0. The van der Waals surface area contributed by atoms with Crippen LogP contribution >= 0.6 is 0 Å². The number of hydrogen-bond donors (Lipinski definition) is 2. The van der Waals surface area contributed by atoms with Gasteiger partial charge < -0.3 is 30.0 Å². The number of rotatable bonds is 6. The van der Waals surface area contributed by atoms with Gasteiger partial charge in [0.25, 0.3) is 0 Å². The van der Waals surface area contributed by atoms with E-state index in [0.717, 1.165) is 60.3 Å². The maximum absolute atomic E-state index is 11.1. The topological polar surface area (TPSA) is 145 Å². The third-order valence-corrected chi connectivity index (χ3v) is 7.04. The number of hydrogen-bond acceptors (Lipinski definition) is 8. The van der Waals surface area contributed by atoms with Crippen molar-refractivity contribution in [2.45, 2.75) is 121 Å². The molecule has 0 aliphatic rings. The summed E-state index contributed by atoms with van der Waals surface area (Å²) in [6.07, 6.45) is 5.33. The van der Waals surface area contributed by atoms with Crippen molar-refractivity contribution in [2.24, 2.45) is 20.8 Å². The Labute approximate surface area is 316 Å². The SMILES string of the molecule is CC(=O)[O-].CC(=O)[O-].CC(C)(C)Cc1cc(C=Nc2ccc(N=Cc3cc(CC(C)(C)C)cc(C(C)(C)C)c3O)cc2)c(O)c(C(C)(C)C)c1.[Co+2]. The van der Waals surface area contributed by atoms with Gasteiger partial charge in [-0.05, 0) is 95.9 Å². The van der Waals surface area contributed by atoms with Crippen LogP contribution in [0, 0.1) is 10.8 Å². The second-order valence-corrected chi connectivity index (χ2v) is 17.2. The quantitative estimate of drug-likeness (QED) is 0.246. The number of phenols is 2. The molecule has 0 aliphatic heterocycles. The number of aliphatic imine (C=N–C) groups is 2. The van der Waals surface area contributed by atoms with Crippen LogP contribution in [0.5, 0.6) is 11.5 Å². The summed E-state index contributed by atoms with van der Waals surface area (Å²) in [5.41, 5.74) is 7.15. The number of carboxylic acid groups (broad SMARTS) is 2. The molecule has 0 saturated heterocycles. The van der Waals surface area contributed by atoms with Gasteiger partial charge in [-0.1, -0.05) is 95.2 Å². The maximum Gasteiger partial charge on any atom is 2.00 e. The van der Waals surface area contributed by atoms with E-state index in [1.807, 2.05) is 36.4 Å². The molecule has 3 aromatic carbocycles. The first-order chi connectivity index (χ1) is 22.6. The standard InChI is InChI=1S/C38H52N2O2.2C2H4O2.Co/c1-35(2,3)21-25-17-27(33(41)31(19-25)37(7,8)9)23-39-29-13-15-30(16-14-29)40-24-28-18-26(22-36(4,5)6)20-32(34(28)42)38(10,11)12;2*1-2(3)4;/h13-20,23-24,41-42H,21-22H2,1-12H3;2*1H3,(H,3,4);/q;;;+2/p-2. The smallest absolute Gasteiger partial charge is 0.550 e. The Bertz CT molecular complexity index is 1530. The van der Waals surface area contributed by atoms with E-state index >= 15 is 0 Å². The number of aliphatic carboxylic acids is 2. The Kier molecular flexibility index (Phi) is 17.6. The Hall–Kier alpha value is -3.95. The zero-order valence-electron chi connectivity index (χ0n) is 32.9. The fraction of sp³-hybridized carbons (Fsp3) is 0.476. The first-order valence-corrected chi connectivity index (χ1v) is 16.8. The van der Waals surface area contributed by atoms with Crippen molar-refractivity contribution in [3.8, 4) is 11.5 Å². The van der Waals surface area contributed by atoms with E-state index in [9.17, 15) is 10.2 Å². The van der Waals surface area contributed by atoms with Gasteiger partial charge in [0, 0.05) is 46.6 Å². The molecule has 0 aromatic heterocycles. The number of carboxylic acids is 2. The van der Waals surface area contributed by atoms with Crippen LogP contribution in [0.3, 0.4) is 0 Å². The molecule has 0 unspecified atom stereocenters. The molecule has 0 saturated carbocycles. The fourth-order valence-electron chi connectivity index (χ4n) is 5.12. The van der Waals surface area contributed by atoms with Crippen LogP contribution < -0.4 is 10.2 Å². The summed E-state index contributed by atoms with van der Waals surface area (Å²) in [7, 11) is 0. The molecule has 3 rings (SSSR count). The molecular formula is C42H58CoN2O6. The molecule has 51 heavy (non-hydrogen) atoms. The summed E-state index contributed by atoms with van der Waals surface area (Å²) in [5.74, 6) is -1.60. The zero-order chi connectivity index (χ0) is 38.8. The van der Waals surface area contributed by atoms with Crippen LogP contribution in [-0.4, -0.2) is 34.6 Å². The Balaban J connectivity index is 0.00000251. The molecule has 0 aliphatic carbocycles. The molecule has 0 fully saturated rings. The number of phenolic OH excluding ortho intramolecular Hbond substituents is 2. The zero-order valence-corrected chi connectivity index (χ0v) is 34.0. The molecule has 1 radical (unpaired) electrons. The van der Waals surface area contributed by atoms with E-state index < -0.39 is 11.9 Å². The van der Waals surface area contributed by atoms with Crippen molar-refractivity contribution < 1.29 is 46.8 Å². The van der Waals surface area contributed by atoms with Gasteiger partial charge in [0.05, 0.1) is 11.4 Å². The maximum atomic E-state index is 11.1. The molecule has 0 atom stereocenters. The Morgan fingerprint density at radius 2 is 0.843 bits per heavy atom. The van der Waals surface area contributed by atoms with Gasteiger partial charge in [-0.3, -0.25) is 9.98 Å². The first-order valence-electron chi connectivity index (χ1n) is 16.8. The van der Waals surface area contributed by atoms with Gasteiger partial charge in [0.2, 0.25) is 0 Å². The second kappa shape index (κ2) is 19.0. The average Bonchev–Trinajstić information content (AvgIpc) is 2.90. The van der Waals surface area contributed by atoms with Crippen LogP contribution in [0.4, 0.5) is 11.4 Å². The Morgan fingerprint density at radius 1 is 0.588 bits per heavy atom. The van der Waals surface area contributed by atoms with Crippen LogP contribution in [0.15, 0.2) is 58.5 Å². The van der Waals surface area contributed by atoms with E-state index in [4.69, 9.17) is 19.8 Å². The van der Waals surface area contributed by atoms with Crippen molar-refractivity contribution in [1.29, 1.82) is 0 Å². The van der Waals surface area contributed by atoms with E-state index in [2.05, 4.69) is 105 Å². The molecule has 2 N–H and O–H groups in total. The van der Waals surface area contributed by atoms with E-state index in [1.54, 1.807) is 12.4 Å². The molecule has 0 spiro atoms. The first kappa shape index (κ1) is 47.0.